The number of rotatable bonds is 29. The van der Waals surface area contributed by atoms with Gasteiger partial charge in [0.05, 0.1) is 133 Å². The largest absolute Gasteiger partial charge is 0.394 e. The van der Waals surface area contributed by atoms with Crippen molar-refractivity contribution in [1.82, 2.24) is 60.0 Å². The van der Waals surface area contributed by atoms with Gasteiger partial charge in [-0.15, -0.1) is 88.4 Å². The Labute approximate surface area is 623 Å². The molecule has 16 N–H and O–H groups in total. The fourth-order valence-corrected chi connectivity index (χ4v) is 18.8. The molecule has 0 aromatic carbocycles. The summed E-state index contributed by atoms with van der Waals surface area (Å²) in [7, 11) is 0. The van der Waals surface area contributed by atoms with E-state index < -0.39 is 149 Å². The maximum absolute atomic E-state index is 10.5. The van der Waals surface area contributed by atoms with Gasteiger partial charge < -0.3 is 120 Å². The van der Waals surface area contributed by atoms with Gasteiger partial charge in [0.15, 0.2) is 25.2 Å². The fraction of sp³-hybridized carbons (Fsp3) is 0.500. The Morgan fingerprint density at radius 2 is 0.528 bits per heavy atom. The minimum absolute atomic E-state index is 0.0315. The van der Waals surface area contributed by atoms with Gasteiger partial charge in [0.25, 0.3) is 0 Å². The van der Waals surface area contributed by atoms with Crippen LogP contribution in [0.2, 0.25) is 0 Å². The number of nitrogens with zero attached hydrogens (tertiary/aromatic N) is 12. The molecule has 0 spiro atoms. The topological polar surface area (TPSA) is 520 Å². The second kappa shape index (κ2) is 33.6. The number of hydrogen-bond donors (Lipinski definition) is 16. The van der Waals surface area contributed by atoms with Gasteiger partial charge in [-0.1, -0.05) is 20.9 Å². The zero-order chi connectivity index (χ0) is 74.2. The molecule has 0 unspecified atom stereocenters. The molecule has 0 aliphatic carbocycles. The molecule has 10 aromatic rings. The highest BCUT2D eigenvalue weighted by Crippen LogP contribution is 2.54. The highest BCUT2D eigenvalue weighted by Gasteiger charge is 2.48. The summed E-state index contributed by atoms with van der Waals surface area (Å²) >= 11 is 9.17. The number of aliphatic hydroxyl groups is 16. The molecule has 4 aliphatic heterocycles. The molecule has 20 atom stereocenters. The second-order valence-electron chi connectivity index (χ2n) is 25.1. The Morgan fingerprint density at radius 1 is 0.292 bits per heavy atom. The quantitative estimate of drug-likeness (QED) is 0.0259. The first kappa shape index (κ1) is 76.6. The summed E-state index contributed by atoms with van der Waals surface area (Å²) in [6.07, 6.45) is -21.7. The summed E-state index contributed by atoms with van der Waals surface area (Å²) in [5, 5.41) is 198. The van der Waals surface area contributed by atoms with E-state index in [1.807, 2.05) is 48.5 Å². The molecule has 42 heteroatoms. The van der Waals surface area contributed by atoms with Crippen LogP contribution in [0.25, 0.3) is 92.4 Å². The first-order valence-corrected chi connectivity index (χ1v) is 38.2. The monoisotopic (exact) mass is 1590 g/mol. The Bertz CT molecular complexity index is 3960. The summed E-state index contributed by atoms with van der Waals surface area (Å²) in [4.78, 5) is 10.5. The molecule has 4 fully saturated rings. The van der Waals surface area contributed by atoms with Crippen LogP contribution >= 0.6 is 68.0 Å². The number of thiophene rings is 6. The first-order chi connectivity index (χ1) is 51.3. The van der Waals surface area contributed by atoms with E-state index in [4.69, 9.17) is 37.9 Å². The number of aromatic nitrogens is 12. The lowest BCUT2D eigenvalue weighted by Crippen LogP contribution is -2.59. The van der Waals surface area contributed by atoms with E-state index >= 15 is 0 Å². The van der Waals surface area contributed by atoms with Crippen LogP contribution in [0, 0.1) is 0 Å². The van der Waals surface area contributed by atoms with Crippen LogP contribution < -0.4 is 0 Å². The van der Waals surface area contributed by atoms with Crippen molar-refractivity contribution in [2.45, 2.75) is 149 Å². The maximum atomic E-state index is 10.5. The summed E-state index contributed by atoms with van der Waals surface area (Å²) in [6, 6.07) is 20.2. The third-order valence-electron chi connectivity index (χ3n) is 18.1. The predicted octanol–water partition coefficient (Wildman–Crippen LogP) is -1.31. The van der Waals surface area contributed by atoms with E-state index in [0.29, 0.717) is 22.8 Å². The first-order valence-electron chi connectivity index (χ1n) is 33.3. The standard InChI is InChI=1S/C64H74N12O24S6/c77-23-33-47(81)51(85)55(89)61(97-33)93-13-9-73-19-29(65-69-73)39-3-1-37(101-39)27-17-45(105-59(27)43-7-5-41(103-43)31-21-75(71-67-31)11-15-95-63-57(91)53(87)49(83)35(25-79)99-63)46-18-28(38-2-4-40(102-38)30-20-74(70-66-30)10-14-94-62-56(90)52(86)48(82)34(24-78)98-62)60(106-46)44-8-6-42(104-44)32-22-76(72-68-32)12-16-96-64-58(92)54(88)50(84)36(26-80)100-64/h1-8,17-22,33-36,47-58,61-64,77-92H,9-16,23-26H2/t33-,34-,35-,36-,47-,48-,49-,50-,51+,52+,53+,54+,55+,56+,57+,58+,61+,62+,63+,64+/m1/s1. The zero-order valence-electron chi connectivity index (χ0n) is 55.4. The van der Waals surface area contributed by atoms with Gasteiger partial charge in [0, 0.05) is 40.4 Å². The van der Waals surface area contributed by atoms with Gasteiger partial charge in [0.2, 0.25) is 0 Å². The summed E-state index contributed by atoms with van der Waals surface area (Å²) in [5.41, 5.74) is 4.07. The smallest absolute Gasteiger partial charge is 0.186 e. The summed E-state index contributed by atoms with van der Waals surface area (Å²) in [5.74, 6) is 0. The average Bonchev–Trinajstić information content (AvgIpc) is 1.60. The Kier molecular flexibility index (Phi) is 24.2. The highest BCUT2D eigenvalue weighted by atomic mass is 32.1. The minimum Gasteiger partial charge on any atom is -0.394 e. The second-order valence-corrected chi connectivity index (χ2v) is 31.5. The number of aliphatic hydroxyl groups excluding tert-OH is 16. The Balaban J connectivity index is 0.755. The molecule has 0 radical (unpaired) electrons. The van der Waals surface area contributed by atoms with E-state index in [2.05, 4.69) is 53.4 Å². The van der Waals surface area contributed by atoms with Crippen molar-refractivity contribution in [2.75, 3.05) is 52.9 Å². The number of hydrogen-bond acceptors (Lipinski definition) is 38. The molecule has 10 aromatic heterocycles. The van der Waals surface area contributed by atoms with Gasteiger partial charge >= 0.3 is 0 Å². The molecule has 0 saturated carbocycles. The minimum atomic E-state index is -1.60. The maximum Gasteiger partial charge on any atom is 0.186 e. The van der Waals surface area contributed by atoms with Gasteiger partial charge in [-0.3, -0.25) is 0 Å². The van der Waals surface area contributed by atoms with Crippen LogP contribution in [0.15, 0.2) is 85.5 Å². The lowest BCUT2D eigenvalue weighted by molar-refractivity contribution is -0.301. The van der Waals surface area contributed by atoms with Gasteiger partial charge in [-0.05, 0) is 60.7 Å². The molecule has 106 heavy (non-hydrogen) atoms. The third-order valence-corrected chi connectivity index (χ3v) is 25.4. The Morgan fingerprint density at radius 3 is 0.783 bits per heavy atom. The molecule has 0 amide bonds. The van der Waals surface area contributed by atoms with Crippen LogP contribution in [0.3, 0.4) is 0 Å². The number of ether oxygens (including phenoxy) is 8. The van der Waals surface area contributed by atoms with Crippen molar-refractivity contribution in [1.29, 1.82) is 0 Å². The third kappa shape index (κ3) is 16.2. The molecule has 36 nitrogen and oxygen atoms in total. The molecule has 0 bridgehead atoms. The van der Waals surface area contributed by atoms with Crippen molar-refractivity contribution in [3.63, 3.8) is 0 Å². The molecule has 14 rings (SSSR count). The summed E-state index contributed by atoms with van der Waals surface area (Å²) < 4.78 is 51.2. The zero-order valence-corrected chi connectivity index (χ0v) is 60.3. The van der Waals surface area contributed by atoms with Crippen molar-refractivity contribution in [2.24, 2.45) is 0 Å². The van der Waals surface area contributed by atoms with E-state index in [9.17, 15) is 81.7 Å². The molecule has 570 valence electrons. The SMILES string of the molecule is OC[C@H]1O[C@H](OCCn2cc(-c3ccc(-c4cc(-c5cc(-c6ccc(-c7cn(CCO[C@H]8O[C@H](CO)[C@@H](O)[C@H](O)[C@@H]8O)nn7)s6)c(-c6ccc(-c7cn(CCO[C@H]8O[C@H](CO)[C@@H](O)[C@H](O)[C@@H]8O)nn7)s6)s5)sc4-c4ccc(-c5cn(CCO[C@H]6O[C@H](CO)[C@@H](O)[C@H](O)[C@@H]6O)nn5)s4)s3)nn2)[C@@H](O)[C@@H](O)[C@@H]1O. The van der Waals surface area contributed by atoms with E-state index in [1.165, 1.54) is 45.3 Å². The molecular weight excluding hydrogens is 1510 g/mol. The van der Waals surface area contributed by atoms with Crippen molar-refractivity contribution in [3.05, 3.63) is 85.5 Å². The highest BCUT2D eigenvalue weighted by molar-refractivity contribution is 7.30. The molecule has 4 aliphatic rings. The van der Waals surface area contributed by atoms with Crippen LogP contribution in [-0.2, 0) is 64.1 Å². The molecular formula is C64H74N12O24S6. The van der Waals surface area contributed by atoms with Gasteiger partial charge in [-0.25, -0.2) is 18.7 Å². The molecule has 4 saturated heterocycles. The lowest BCUT2D eigenvalue weighted by Gasteiger charge is -2.39. The predicted molar refractivity (Wildman–Crippen MR) is 376 cm³/mol. The van der Waals surface area contributed by atoms with Crippen LogP contribution in [0.4, 0.5) is 0 Å². The van der Waals surface area contributed by atoms with Gasteiger partial charge in [0.1, 0.15) is 120 Å². The Hall–Kier alpha value is -6.20. The van der Waals surface area contributed by atoms with Crippen LogP contribution in [0.5, 0.6) is 0 Å². The molecule has 14 heterocycles. The fourth-order valence-electron chi connectivity index (χ4n) is 12.1. The van der Waals surface area contributed by atoms with Crippen molar-refractivity contribution >= 4 is 68.0 Å². The van der Waals surface area contributed by atoms with Crippen molar-refractivity contribution in [3.8, 4) is 92.4 Å². The average molecular weight is 1590 g/mol. The normalized spacial score (nSPS) is 29.4. The van der Waals surface area contributed by atoms with Crippen molar-refractivity contribution < 1.29 is 120 Å². The van der Waals surface area contributed by atoms with Crippen LogP contribution in [0.1, 0.15) is 0 Å². The lowest BCUT2D eigenvalue weighted by atomic mass is 9.99. The summed E-state index contributed by atoms with van der Waals surface area (Å²) in [6.45, 7) is -1.87. The van der Waals surface area contributed by atoms with E-state index in [0.717, 1.165) is 69.7 Å². The van der Waals surface area contributed by atoms with Crippen LogP contribution in [-0.4, -0.2) is 317 Å². The van der Waals surface area contributed by atoms with E-state index in [1.54, 1.807) is 66.2 Å². The van der Waals surface area contributed by atoms with Gasteiger partial charge in [-0.2, -0.15) is 0 Å². The van der Waals surface area contributed by atoms with E-state index in [-0.39, 0.29) is 52.6 Å².